The highest BCUT2D eigenvalue weighted by Crippen LogP contribution is 2.29. The molecule has 3 aromatic heterocycles. The van der Waals surface area contributed by atoms with Gasteiger partial charge in [0.2, 0.25) is 0 Å². The summed E-state index contributed by atoms with van der Waals surface area (Å²) >= 11 is 1.64. The maximum Gasteiger partial charge on any atom is 0.110 e. The highest BCUT2D eigenvalue weighted by Gasteiger charge is 2.13. The summed E-state index contributed by atoms with van der Waals surface area (Å²) in [6, 6.07) is 22.1. The molecule has 0 aliphatic rings. The molecule has 0 spiro atoms. The smallest absolute Gasteiger partial charge is 0.110 e. The molecule has 4 aromatic rings. The highest BCUT2D eigenvalue weighted by molar-refractivity contribution is 7.13. The second kappa shape index (κ2) is 7.81. The Balaban J connectivity index is 1.77. The number of rotatable bonds is 5. The van der Waals surface area contributed by atoms with E-state index in [0.29, 0.717) is 17.8 Å². The van der Waals surface area contributed by atoms with Gasteiger partial charge in [0.1, 0.15) is 11.8 Å². The lowest BCUT2D eigenvalue weighted by molar-refractivity contribution is 0.689. The van der Waals surface area contributed by atoms with Gasteiger partial charge in [-0.2, -0.15) is 10.4 Å². The standard InChI is InChI=1S/C22H16N4S/c23-14-18(20-9-4-5-11-24-20)13-19-16-26(15-17-7-2-1-3-8-17)25-22(19)21-10-6-12-27-21/h1-13,16H,15H2/b18-13-. The molecule has 0 atom stereocenters. The van der Waals surface area contributed by atoms with E-state index in [-0.39, 0.29) is 0 Å². The van der Waals surface area contributed by atoms with Crippen LogP contribution in [0.4, 0.5) is 0 Å². The third-order valence-electron chi connectivity index (χ3n) is 4.09. The fourth-order valence-electron chi connectivity index (χ4n) is 2.84. The number of benzene rings is 1. The van der Waals surface area contributed by atoms with E-state index in [0.717, 1.165) is 16.1 Å². The van der Waals surface area contributed by atoms with Crippen LogP contribution in [0.25, 0.3) is 22.2 Å². The maximum absolute atomic E-state index is 9.62. The van der Waals surface area contributed by atoms with Crippen molar-refractivity contribution in [2.45, 2.75) is 6.54 Å². The Morgan fingerprint density at radius 1 is 1.07 bits per heavy atom. The van der Waals surface area contributed by atoms with Gasteiger partial charge in [0.25, 0.3) is 0 Å². The molecule has 0 aliphatic heterocycles. The number of hydrogen-bond donors (Lipinski definition) is 0. The van der Waals surface area contributed by atoms with Gasteiger partial charge in [-0.25, -0.2) is 0 Å². The minimum atomic E-state index is 0.521. The lowest BCUT2D eigenvalue weighted by atomic mass is 10.1. The lowest BCUT2D eigenvalue weighted by Gasteiger charge is -2.00. The monoisotopic (exact) mass is 368 g/mol. The van der Waals surface area contributed by atoms with Crippen LogP contribution in [0.5, 0.6) is 0 Å². The number of allylic oxidation sites excluding steroid dienone is 1. The Bertz CT molecular complexity index is 1090. The van der Waals surface area contributed by atoms with E-state index in [9.17, 15) is 5.26 Å². The van der Waals surface area contributed by atoms with Crippen molar-refractivity contribution < 1.29 is 0 Å². The van der Waals surface area contributed by atoms with Crippen LogP contribution in [0.3, 0.4) is 0 Å². The SMILES string of the molecule is N#C/C(=C/c1cn(Cc2ccccc2)nc1-c1cccs1)c1ccccn1. The Morgan fingerprint density at radius 3 is 2.63 bits per heavy atom. The van der Waals surface area contributed by atoms with Crippen LogP contribution >= 0.6 is 11.3 Å². The Labute approximate surface area is 161 Å². The van der Waals surface area contributed by atoms with Gasteiger partial charge in [-0.3, -0.25) is 9.67 Å². The first-order valence-corrected chi connectivity index (χ1v) is 9.40. The number of nitrogens with zero attached hydrogens (tertiary/aromatic N) is 4. The molecule has 0 saturated heterocycles. The molecule has 130 valence electrons. The first-order chi connectivity index (χ1) is 13.3. The zero-order valence-corrected chi connectivity index (χ0v) is 15.3. The summed E-state index contributed by atoms with van der Waals surface area (Å²) in [7, 11) is 0. The summed E-state index contributed by atoms with van der Waals surface area (Å²) in [5, 5.41) is 16.4. The molecule has 27 heavy (non-hydrogen) atoms. The molecular formula is C22H16N4S. The Hall–Kier alpha value is -3.49. The normalized spacial score (nSPS) is 11.3. The van der Waals surface area contributed by atoms with Crippen LogP contribution in [-0.4, -0.2) is 14.8 Å². The first-order valence-electron chi connectivity index (χ1n) is 8.52. The van der Waals surface area contributed by atoms with Gasteiger partial charge in [0, 0.05) is 18.0 Å². The Kier molecular flexibility index (Phi) is 4.91. The van der Waals surface area contributed by atoms with E-state index in [1.807, 2.05) is 70.9 Å². The molecule has 0 N–H and O–H groups in total. The number of nitriles is 1. The molecule has 4 nitrogen and oxygen atoms in total. The van der Waals surface area contributed by atoms with Crippen LogP contribution in [0.2, 0.25) is 0 Å². The van der Waals surface area contributed by atoms with Gasteiger partial charge in [-0.1, -0.05) is 42.5 Å². The molecule has 0 aliphatic carbocycles. The summed E-state index contributed by atoms with van der Waals surface area (Å²) < 4.78 is 1.92. The number of hydrogen-bond acceptors (Lipinski definition) is 4. The number of pyridine rings is 1. The Morgan fingerprint density at radius 2 is 1.93 bits per heavy atom. The third kappa shape index (κ3) is 3.86. The zero-order valence-electron chi connectivity index (χ0n) is 14.5. The summed E-state index contributed by atoms with van der Waals surface area (Å²) in [6.07, 6.45) is 5.55. The van der Waals surface area contributed by atoms with Crippen molar-refractivity contribution >= 4 is 23.0 Å². The van der Waals surface area contributed by atoms with Crippen LogP contribution < -0.4 is 0 Å². The molecule has 3 heterocycles. The zero-order chi connectivity index (χ0) is 18.5. The second-order valence-corrected chi connectivity index (χ2v) is 6.93. The van der Waals surface area contributed by atoms with Crippen molar-refractivity contribution in [3.05, 3.63) is 95.3 Å². The molecule has 0 amide bonds. The average Bonchev–Trinajstić information content (AvgIpc) is 3.37. The third-order valence-corrected chi connectivity index (χ3v) is 4.97. The van der Waals surface area contributed by atoms with E-state index in [1.165, 1.54) is 5.56 Å². The van der Waals surface area contributed by atoms with E-state index in [1.54, 1.807) is 17.5 Å². The predicted molar refractivity (Wildman–Crippen MR) is 109 cm³/mol. The summed E-state index contributed by atoms with van der Waals surface area (Å²) in [4.78, 5) is 5.37. The molecule has 0 radical (unpaired) electrons. The molecule has 4 rings (SSSR count). The number of thiophene rings is 1. The van der Waals surface area contributed by atoms with Crippen molar-refractivity contribution in [3.8, 4) is 16.6 Å². The van der Waals surface area contributed by atoms with Gasteiger partial charge in [-0.05, 0) is 35.2 Å². The topological polar surface area (TPSA) is 54.5 Å². The largest absolute Gasteiger partial charge is 0.267 e. The van der Waals surface area contributed by atoms with E-state index in [2.05, 4.69) is 23.2 Å². The van der Waals surface area contributed by atoms with Gasteiger partial charge in [0.05, 0.1) is 22.7 Å². The van der Waals surface area contributed by atoms with Crippen LogP contribution in [0.1, 0.15) is 16.8 Å². The van der Waals surface area contributed by atoms with Crippen LogP contribution in [0, 0.1) is 11.3 Å². The van der Waals surface area contributed by atoms with Crippen molar-refractivity contribution in [1.82, 2.24) is 14.8 Å². The number of aromatic nitrogens is 3. The molecule has 5 heteroatoms. The van der Waals surface area contributed by atoms with Crippen molar-refractivity contribution in [2.24, 2.45) is 0 Å². The minimum absolute atomic E-state index is 0.521. The van der Waals surface area contributed by atoms with Gasteiger partial charge < -0.3 is 0 Å². The quantitative estimate of drug-likeness (QED) is 0.460. The summed E-state index contributed by atoms with van der Waals surface area (Å²) in [6.45, 7) is 0.679. The molecular weight excluding hydrogens is 352 g/mol. The molecule has 1 aromatic carbocycles. The van der Waals surface area contributed by atoms with Gasteiger partial charge in [-0.15, -0.1) is 11.3 Å². The van der Waals surface area contributed by atoms with Crippen molar-refractivity contribution in [1.29, 1.82) is 5.26 Å². The van der Waals surface area contributed by atoms with E-state index < -0.39 is 0 Å². The lowest BCUT2D eigenvalue weighted by Crippen LogP contribution is -1.99. The maximum atomic E-state index is 9.62. The molecule has 0 unspecified atom stereocenters. The summed E-state index contributed by atoms with van der Waals surface area (Å²) in [5.41, 5.74) is 4.15. The van der Waals surface area contributed by atoms with Gasteiger partial charge >= 0.3 is 0 Å². The summed E-state index contributed by atoms with van der Waals surface area (Å²) in [5.74, 6) is 0. The minimum Gasteiger partial charge on any atom is -0.267 e. The van der Waals surface area contributed by atoms with Crippen LogP contribution in [-0.2, 0) is 6.54 Å². The molecule has 0 saturated carbocycles. The molecule has 0 bridgehead atoms. The molecule has 0 fully saturated rings. The second-order valence-electron chi connectivity index (χ2n) is 5.98. The van der Waals surface area contributed by atoms with Crippen LogP contribution in [0.15, 0.2) is 78.4 Å². The van der Waals surface area contributed by atoms with Gasteiger partial charge in [0.15, 0.2) is 0 Å². The first kappa shape index (κ1) is 17.0. The predicted octanol–water partition coefficient (Wildman–Crippen LogP) is 5.12. The fraction of sp³-hybridized carbons (Fsp3) is 0.0455. The van der Waals surface area contributed by atoms with E-state index in [4.69, 9.17) is 5.10 Å². The fourth-order valence-corrected chi connectivity index (χ4v) is 3.57. The van der Waals surface area contributed by atoms with Crippen molar-refractivity contribution in [3.63, 3.8) is 0 Å². The average molecular weight is 368 g/mol. The van der Waals surface area contributed by atoms with Crippen molar-refractivity contribution in [2.75, 3.05) is 0 Å². The van der Waals surface area contributed by atoms with E-state index >= 15 is 0 Å². The highest BCUT2D eigenvalue weighted by atomic mass is 32.1.